The monoisotopic (exact) mass is 271 g/mol. The van der Waals surface area contributed by atoms with Gasteiger partial charge in [0.25, 0.3) is 0 Å². The van der Waals surface area contributed by atoms with Crippen molar-refractivity contribution >= 4 is 22.9 Å². The minimum atomic E-state index is -0.306. The Morgan fingerprint density at radius 3 is 2.94 bits per heavy atom. The lowest BCUT2D eigenvalue weighted by molar-refractivity contribution is 0.405. The first-order chi connectivity index (χ1) is 8.19. The summed E-state index contributed by atoms with van der Waals surface area (Å²) < 4.78 is 7.12. The van der Waals surface area contributed by atoms with Crippen molar-refractivity contribution in [1.82, 2.24) is 9.78 Å². The number of thiophene rings is 1. The molecule has 0 saturated carbocycles. The van der Waals surface area contributed by atoms with Crippen molar-refractivity contribution in [1.29, 1.82) is 0 Å². The molecular formula is C11H14ClN3OS. The van der Waals surface area contributed by atoms with Crippen LogP contribution in [-0.2, 0) is 6.54 Å². The van der Waals surface area contributed by atoms with E-state index in [4.69, 9.17) is 22.1 Å². The Morgan fingerprint density at radius 1 is 1.65 bits per heavy atom. The molecular weight excluding hydrogens is 258 g/mol. The van der Waals surface area contributed by atoms with E-state index in [0.29, 0.717) is 10.8 Å². The standard InChI is InChI=1S/C11H14ClN3OS/c1-3-15-10(8(16-2)6-14-15)9(13)11-7(12)4-5-17-11/h4-6,9H,3,13H2,1-2H3. The second-order valence-electron chi connectivity index (χ2n) is 3.52. The van der Waals surface area contributed by atoms with Crippen LogP contribution in [0.3, 0.4) is 0 Å². The van der Waals surface area contributed by atoms with Gasteiger partial charge in [0.15, 0.2) is 5.75 Å². The fraction of sp³-hybridized carbons (Fsp3) is 0.364. The van der Waals surface area contributed by atoms with Gasteiger partial charge in [-0.15, -0.1) is 11.3 Å². The summed E-state index contributed by atoms with van der Waals surface area (Å²) in [5.74, 6) is 0.698. The molecule has 0 spiro atoms. The lowest BCUT2D eigenvalue weighted by atomic mass is 10.1. The topological polar surface area (TPSA) is 53.1 Å². The van der Waals surface area contributed by atoms with E-state index >= 15 is 0 Å². The van der Waals surface area contributed by atoms with Gasteiger partial charge in [0, 0.05) is 11.4 Å². The largest absolute Gasteiger partial charge is 0.493 e. The van der Waals surface area contributed by atoms with Gasteiger partial charge >= 0.3 is 0 Å². The molecule has 4 nitrogen and oxygen atoms in total. The zero-order valence-corrected chi connectivity index (χ0v) is 11.3. The van der Waals surface area contributed by atoms with E-state index in [2.05, 4.69) is 5.10 Å². The van der Waals surface area contributed by atoms with Gasteiger partial charge in [0.1, 0.15) is 5.69 Å². The number of methoxy groups -OCH3 is 1. The van der Waals surface area contributed by atoms with Crippen LogP contribution < -0.4 is 10.5 Å². The van der Waals surface area contributed by atoms with Crippen LogP contribution in [-0.4, -0.2) is 16.9 Å². The van der Waals surface area contributed by atoms with E-state index in [1.165, 1.54) is 0 Å². The van der Waals surface area contributed by atoms with Crippen LogP contribution >= 0.6 is 22.9 Å². The molecule has 0 aliphatic heterocycles. The van der Waals surface area contributed by atoms with Gasteiger partial charge in [0.2, 0.25) is 0 Å². The highest BCUT2D eigenvalue weighted by molar-refractivity contribution is 7.10. The maximum Gasteiger partial charge on any atom is 0.161 e. The zero-order chi connectivity index (χ0) is 12.4. The molecule has 1 unspecified atom stereocenters. The molecule has 0 aromatic carbocycles. The summed E-state index contributed by atoms with van der Waals surface area (Å²) >= 11 is 7.64. The highest BCUT2D eigenvalue weighted by Crippen LogP contribution is 2.35. The molecule has 6 heteroatoms. The molecule has 0 aliphatic rings. The first kappa shape index (κ1) is 12.4. The van der Waals surface area contributed by atoms with Gasteiger partial charge in [-0.25, -0.2) is 0 Å². The molecule has 0 fully saturated rings. The second kappa shape index (κ2) is 5.08. The summed E-state index contributed by atoms with van der Waals surface area (Å²) in [7, 11) is 1.61. The Labute approximate surface area is 109 Å². The minimum absolute atomic E-state index is 0.306. The van der Waals surface area contributed by atoms with Crippen LogP contribution in [0.1, 0.15) is 23.5 Å². The van der Waals surface area contributed by atoms with Gasteiger partial charge in [-0.3, -0.25) is 4.68 Å². The van der Waals surface area contributed by atoms with Gasteiger partial charge < -0.3 is 10.5 Å². The predicted octanol–water partition coefficient (Wildman–Crippen LogP) is 2.67. The fourth-order valence-electron chi connectivity index (χ4n) is 1.75. The highest BCUT2D eigenvalue weighted by atomic mass is 35.5. The fourth-order valence-corrected chi connectivity index (χ4v) is 2.93. The van der Waals surface area contributed by atoms with Crippen molar-refractivity contribution in [2.24, 2.45) is 5.73 Å². The van der Waals surface area contributed by atoms with Crippen LogP contribution in [0.25, 0.3) is 0 Å². The maximum atomic E-state index is 6.24. The molecule has 0 saturated heterocycles. The summed E-state index contributed by atoms with van der Waals surface area (Å²) in [5.41, 5.74) is 7.10. The Bertz CT molecular complexity index is 487. The van der Waals surface area contributed by atoms with Crippen LogP contribution in [0.5, 0.6) is 5.75 Å². The van der Waals surface area contributed by atoms with E-state index in [-0.39, 0.29) is 6.04 Å². The molecule has 0 radical (unpaired) electrons. The number of aryl methyl sites for hydroxylation is 1. The third-order valence-electron chi connectivity index (χ3n) is 2.59. The normalized spacial score (nSPS) is 12.7. The Kier molecular flexibility index (Phi) is 3.71. The minimum Gasteiger partial charge on any atom is -0.493 e. The van der Waals surface area contributed by atoms with Crippen LogP contribution in [0.2, 0.25) is 5.02 Å². The maximum absolute atomic E-state index is 6.24. The molecule has 0 bridgehead atoms. The third kappa shape index (κ3) is 2.18. The number of hydrogen-bond donors (Lipinski definition) is 1. The lowest BCUT2D eigenvalue weighted by Gasteiger charge is -2.14. The van der Waals surface area contributed by atoms with Crippen molar-refractivity contribution in [3.8, 4) is 5.75 Å². The molecule has 1 atom stereocenters. The summed E-state index contributed by atoms with van der Waals surface area (Å²) in [5, 5.41) is 6.85. The van der Waals surface area contributed by atoms with Crippen molar-refractivity contribution in [2.75, 3.05) is 7.11 Å². The van der Waals surface area contributed by atoms with E-state index in [1.54, 1.807) is 24.6 Å². The summed E-state index contributed by atoms with van der Waals surface area (Å²) in [4.78, 5) is 0.931. The molecule has 2 N–H and O–H groups in total. The summed E-state index contributed by atoms with van der Waals surface area (Å²) in [6.45, 7) is 2.76. The van der Waals surface area contributed by atoms with E-state index in [1.807, 2.05) is 23.1 Å². The smallest absolute Gasteiger partial charge is 0.161 e. The summed E-state index contributed by atoms with van der Waals surface area (Å²) in [6.07, 6.45) is 1.68. The van der Waals surface area contributed by atoms with Crippen LogP contribution in [0, 0.1) is 0 Å². The summed E-state index contributed by atoms with van der Waals surface area (Å²) in [6, 6.07) is 1.54. The number of nitrogens with two attached hydrogens (primary N) is 1. The number of ether oxygens (including phenoxy) is 1. The molecule has 17 heavy (non-hydrogen) atoms. The van der Waals surface area contributed by atoms with Gasteiger partial charge in [-0.1, -0.05) is 11.6 Å². The van der Waals surface area contributed by atoms with Gasteiger partial charge in [0.05, 0.1) is 24.4 Å². The molecule has 2 heterocycles. The SMILES string of the molecule is CCn1ncc(OC)c1C(N)c1sccc1Cl. The van der Waals surface area contributed by atoms with Crippen molar-refractivity contribution in [2.45, 2.75) is 19.5 Å². The molecule has 0 amide bonds. The molecule has 0 aliphatic carbocycles. The number of hydrogen-bond acceptors (Lipinski definition) is 4. The van der Waals surface area contributed by atoms with Crippen LogP contribution in [0.15, 0.2) is 17.6 Å². The quantitative estimate of drug-likeness (QED) is 0.930. The average Bonchev–Trinajstić information content (AvgIpc) is 2.93. The first-order valence-corrected chi connectivity index (χ1v) is 6.53. The molecule has 2 rings (SSSR count). The van der Waals surface area contributed by atoms with Gasteiger partial charge in [-0.05, 0) is 18.4 Å². The Balaban J connectivity index is 2.45. The second-order valence-corrected chi connectivity index (χ2v) is 4.88. The van der Waals surface area contributed by atoms with Crippen molar-refractivity contribution < 1.29 is 4.74 Å². The zero-order valence-electron chi connectivity index (χ0n) is 9.68. The lowest BCUT2D eigenvalue weighted by Crippen LogP contribution is -2.17. The van der Waals surface area contributed by atoms with Crippen molar-refractivity contribution in [3.63, 3.8) is 0 Å². The Hall–Kier alpha value is -1.04. The Morgan fingerprint density at radius 2 is 2.41 bits per heavy atom. The molecule has 92 valence electrons. The first-order valence-electron chi connectivity index (χ1n) is 5.27. The van der Waals surface area contributed by atoms with Gasteiger partial charge in [-0.2, -0.15) is 5.10 Å². The number of halogens is 1. The molecule has 2 aromatic heterocycles. The van der Waals surface area contributed by atoms with E-state index in [9.17, 15) is 0 Å². The highest BCUT2D eigenvalue weighted by Gasteiger charge is 2.22. The average molecular weight is 272 g/mol. The van der Waals surface area contributed by atoms with E-state index in [0.717, 1.165) is 17.1 Å². The van der Waals surface area contributed by atoms with E-state index < -0.39 is 0 Å². The number of rotatable bonds is 4. The van der Waals surface area contributed by atoms with Crippen molar-refractivity contribution in [3.05, 3.63) is 33.2 Å². The number of aromatic nitrogens is 2. The number of nitrogens with zero attached hydrogens (tertiary/aromatic N) is 2. The van der Waals surface area contributed by atoms with Crippen LogP contribution in [0.4, 0.5) is 0 Å². The molecule has 2 aromatic rings. The third-order valence-corrected chi connectivity index (χ3v) is 4.03. The predicted molar refractivity (Wildman–Crippen MR) is 69.8 cm³/mol.